The second kappa shape index (κ2) is 6.31. The van der Waals surface area contributed by atoms with Gasteiger partial charge in [-0.2, -0.15) is 0 Å². The molecule has 0 spiro atoms. The van der Waals surface area contributed by atoms with Crippen LogP contribution in [0.4, 0.5) is 0 Å². The summed E-state index contributed by atoms with van der Waals surface area (Å²) in [6, 6.07) is 17.0. The molecule has 21 heavy (non-hydrogen) atoms. The van der Waals surface area contributed by atoms with Gasteiger partial charge in [-0.3, -0.25) is 0 Å². The molecular weight excluding hydrogens is 272 g/mol. The summed E-state index contributed by atoms with van der Waals surface area (Å²) in [5, 5.41) is 0. The van der Waals surface area contributed by atoms with Gasteiger partial charge >= 0.3 is 0 Å². The second-order valence-corrected chi connectivity index (χ2v) is 10.9. The average molecular weight is 296 g/mol. The lowest BCUT2D eigenvalue weighted by Crippen LogP contribution is -2.22. The van der Waals surface area contributed by atoms with E-state index in [1.54, 1.807) is 0 Å². The highest BCUT2D eigenvalue weighted by Gasteiger charge is 2.15. The molecule has 0 aliphatic carbocycles. The monoisotopic (exact) mass is 296 g/mol. The summed E-state index contributed by atoms with van der Waals surface area (Å²) in [7, 11) is -1.59. The zero-order valence-corrected chi connectivity index (χ0v) is 14.6. The molecule has 2 heteroatoms. The molecule has 2 aromatic carbocycles. The molecule has 2 rings (SSSR count). The molecule has 0 fully saturated rings. The first kappa shape index (κ1) is 15.6. The molecule has 1 nitrogen and oxygen atoms in total. The second-order valence-electron chi connectivity index (χ2n) is 6.43. The van der Waals surface area contributed by atoms with E-state index in [9.17, 15) is 0 Å². The van der Waals surface area contributed by atoms with Crippen LogP contribution in [0.5, 0.6) is 0 Å². The Labute approximate surface area is 129 Å². The SMILES string of the molecule is Cc1ccc(C(=CO[Si](C)(C)C)c2ccccc2)cc1C. The summed E-state index contributed by atoms with van der Waals surface area (Å²) in [6.45, 7) is 10.9. The fourth-order valence-corrected chi connectivity index (χ4v) is 2.54. The average Bonchev–Trinajstić information content (AvgIpc) is 2.43. The molecule has 0 aromatic heterocycles. The van der Waals surface area contributed by atoms with Crippen LogP contribution >= 0.6 is 0 Å². The summed E-state index contributed by atoms with van der Waals surface area (Å²) in [5.41, 5.74) is 6.18. The standard InChI is InChI=1S/C19H24OSi/c1-15-11-12-18(13-16(15)2)19(14-20-21(3,4)5)17-9-7-6-8-10-17/h6-14H,1-5H3. The predicted octanol–water partition coefficient (Wildman–Crippen LogP) is 5.54. The van der Waals surface area contributed by atoms with Crippen molar-refractivity contribution in [3.63, 3.8) is 0 Å². The van der Waals surface area contributed by atoms with E-state index in [0.29, 0.717) is 0 Å². The van der Waals surface area contributed by atoms with Crippen molar-refractivity contribution in [2.75, 3.05) is 0 Å². The molecule has 0 aliphatic rings. The van der Waals surface area contributed by atoms with Crippen LogP contribution in [0.2, 0.25) is 19.6 Å². The third-order valence-corrected chi connectivity index (χ3v) is 4.26. The minimum atomic E-state index is -1.59. The van der Waals surface area contributed by atoms with Crippen molar-refractivity contribution in [3.8, 4) is 0 Å². The van der Waals surface area contributed by atoms with Crippen molar-refractivity contribution < 1.29 is 4.43 Å². The first-order valence-electron chi connectivity index (χ1n) is 7.38. The van der Waals surface area contributed by atoms with Crippen LogP contribution in [0, 0.1) is 13.8 Å². The number of rotatable bonds is 4. The Morgan fingerprint density at radius 3 is 2.10 bits per heavy atom. The van der Waals surface area contributed by atoms with Crippen LogP contribution in [-0.4, -0.2) is 8.32 Å². The molecule has 110 valence electrons. The molecule has 0 bridgehead atoms. The van der Waals surface area contributed by atoms with Crippen molar-refractivity contribution in [2.45, 2.75) is 33.5 Å². The van der Waals surface area contributed by atoms with Crippen molar-refractivity contribution in [1.82, 2.24) is 0 Å². The predicted molar refractivity (Wildman–Crippen MR) is 93.9 cm³/mol. The zero-order valence-electron chi connectivity index (χ0n) is 13.6. The summed E-state index contributed by atoms with van der Waals surface area (Å²) < 4.78 is 6.05. The normalized spacial score (nSPS) is 12.3. The molecule has 0 radical (unpaired) electrons. The Balaban J connectivity index is 2.48. The fraction of sp³-hybridized carbons (Fsp3) is 0.263. The van der Waals surface area contributed by atoms with Crippen LogP contribution in [-0.2, 0) is 4.43 Å². The van der Waals surface area contributed by atoms with Gasteiger partial charge in [-0.1, -0.05) is 48.5 Å². The zero-order chi connectivity index (χ0) is 15.5. The largest absolute Gasteiger partial charge is 0.549 e. The van der Waals surface area contributed by atoms with E-state index in [2.05, 4.69) is 76.0 Å². The van der Waals surface area contributed by atoms with Gasteiger partial charge in [0.05, 0.1) is 6.26 Å². The van der Waals surface area contributed by atoms with Gasteiger partial charge in [0.25, 0.3) is 0 Å². The Bertz CT molecular complexity index is 636. The van der Waals surface area contributed by atoms with E-state index in [4.69, 9.17) is 4.43 Å². The van der Waals surface area contributed by atoms with Crippen molar-refractivity contribution in [2.24, 2.45) is 0 Å². The van der Waals surface area contributed by atoms with E-state index in [0.717, 1.165) is 5.57 Å². The number of aryl methyl sites for hydroxylation is 2. The molecule has 0 saturated heterocycles. The summed E-state index contributed by atoms with van der Waals surface area (Å²) in [4.78, 5) is 0. The quantitative estimate of drug-likeness (QED) is 0.531. The smallest absolute Gasteiger partial charge is 0.241 e. The molecule has 0 unspecified atom stereocenters. The molecule has 0 heterocycles. The highest BCUT2D eigenvalue weighted by molar-refractivity contribution is 6.69. The third-order valence-electron chi connectivity index (χ3n) is 3.43. The van der Waals surface area contributed by atoms with Crippen LogP contribution in [0.1, 0.15) is 22.3 Å². The van der Waals surface area contributed by atoms with E-state index < -0.39 is 8.32 Å². The van der Waals surface area contributed by atoms with Gasteiger partial charge in [0, 0.05) is 5.57 Å². The number of hydrogen-bond donors (Lipinski definition) is 0. The summed E-state index contributed by atoms with van der Waals surface area (Å²) in [6.07, 6.45) is 1.95. The molecule has 0 saturated carbocycles. The highest BCUT2D eigenvalue weighted by Crippen LogP contribution is 2.26. The first-order chi connectivity index (χ1) is 9.87. The van der Waals surface area contributed by atoms with Crippen molar-refractivity contribution in [3.05, 3.63) is 77.0 Å². The van der Waals surface area contributed by atoms with Gasteiger partial charge in [-0.15, -0.1) is 0 Å². The Hall–Kier alpha value is -1.80. The van der Waals surface area contributed by atoms with Gasteiger partial charge in [0.2, 0.25) is 8.32 Å². The van der Waals surface area contributed by atoms with Gasteiger partial charge in [0.1, 0.15) is 0 Å². The molecule has 0 N–H and O–H groups in total. The third kappa shape index (κ3) is 4.33. The van der Waals surface area contributed by atoms with Gasteiger partial charge in [0.15, 0.2) is 0 Å². The molecule has 0 amide bonds. The minimum absolute atomic E-state index is 1.15. The van der Waals surface area contributed by atoms with Crippen molar-refractivity contribution >= 4 is 13.9 Å². The lowest BCUT2D eigenvalue weighted by atomic mass is 9.96. The lowest BCUT2D eigenvalue weighted by molar-refractivity contribution is 0.482. The van der Waals surface area contributed by atoms with E-state index in [1.165, 1.54) is 22.3 Å². The Kier molecular flexibility index (Phi) is 4.68. The maximum atomic E-state index is 6.05. The molecule has 0 aliphatic heterocycles. The Morgan fingerprint density at radius 1 is 0.857 bits per heavy atom. The maximum absolute atomic E-state index is 6.05. The fourth-order valence-electron chi connectivity index (χ4n) is 2.07. The molecular formula is C19H24OSi. The van der Waals surface area contributed by atoms with Gasteiger partial charge < -0.3 is 4.43 Å². The van der Waals surface area contributed by atoms with Crippen LogP contribution in [0.15, 0.2) is 54.8 Å². The maximum Gasteiger partial charge on any atom is 0.241 e. The summed E-state index contributed by atoms with van der Waals surface area (Å²) in [5.74, 6) is 0. The van der Waals surface area contributed by atoms with Crippen LogP contribution in [0.3, 0.4) is 0 Å². The first-order valence-corrected chi connectivity index (χ1v) is 10.8. The van der Waals surface area contributed by atoms with E-state index in [-0.39, 0.29) is 0 Å². The van der Waals surface area contributed by atoms with E-state index >= 15 is 0 Å². The van der Waals surface area contributed by atoms with Gasteiger partial charge in [-0.05, 0) is 55.7 Å². The van der Waals surface area contributed by atoms with Gasteiger partial charge in [-0.25, -0.2) is 0 Å². The van der Waals surface area contributed by atoms with Crippen LogP contribution in [0.25, 0.3) is 5.57 Å². The van der Waals surface area contributed by atoms with E-state index in [1.807, 2.05) is 12.3 Å². The highest BCUT2D eigenvalue weighted by atomic mass is 28.4. The summed E-state index contributed by atoms with van der Waals surface area (Å²) >= 11 is 0. The number of hydrogen-bond acceptors (Lipinski definition) is 1. The molecule has 2 aromatic rings. The topological polar surface area (TPSA) is 9.23 Å². The van der Waals surface area contributed by atoms with Crippen LogP contribution < -0.4 is 0 Å². The Morgan fingerprint density at radius 2 is 1.52 bits per heavy atom. The molecule has 0 atom stereocenters. The lowest BCUT2D eigenvalue weighted by Gasteiger charge is -2.18. The van der Waals surface area contributed by atoms with Crippen molar-refractivity contribution in [1.29, 1.82) is 0 Å². The number of benzene rings is 2. The minimum Gasteiger partial charge on any atom is -0.549 e.